The molecule has 2 atom stereocenters. The molecule has 1 unspecified atom stereocenters. The minimum absolute atomic E-state index is 0.111. The average molecular weight is 431 g/mol. The van der Waals surface area contributed by atoms with Crippen LogP contribution >= 0.6 is 0 Å². The van der Waals surface area contributed by atoms with Crippen LogP contribution in [0, 0.1) is 5.92 Å². The molecule has 0 spiro atoms. The first-order valence-corrected chi connectivity index (χ1v) is 10.4. The molecule has 1 rings (SSSR count). The standard InChI is InChI=1S/C22H33F3N2O3/c1-4-9-16(10-5-2)14-27(15-20(28)30-6-3)21(29)19(26)13-17-11-7-8-12-18(17)22(23,24)25/h4,9-10,12,17,19H,5-8,11,13-15,26H2,1-3H3/b9-4-,16-10+/t17?,19-/m1/s1. The highest BCUT2D eigenvalue weighted by atomic mass is 19.4. The van der Waals surface area contributed by atoms with Gasteiger partial charge < -0.3 is 15.4 Å². The summed E-state index contributed by atoms with van der Waals surface area (Å²) in [6.07, 6.45) is 4.29. The molecule has 0 aliphatic heterocycles. The van der Waals surface area contributed by atoms with Crippen LogP contribution < -0.4 is 5.73 Å². The third-order valence-electron chi connectivity index (χ3n) is 4.90. The number of halogens is 3. The highest BCUT2D eigenvalue weighted by Gasteiger charge is 2.40. The molecular formula is C22H33F3N2O3. The third-order valence-corrected chi connectivity index (χ3v) is 4.90. The van der Waals surface area contributed by atoms with E-state index in [4.69, 9.17) is 10.5 Å². The molecule has 0 fully saturated rings. The van der Waals surface area contributed by atoms with Gasteiger partial charge in [0.25, 0.3) is 0 Å². The van der Waals surface area contributed by atoms with Crippen LogP contribution in [0.15, 0.2) is 35.5 Å². The maximum atomic E-state index is 13.3. The van der Waals surface area contributed by atoms with E-state index in [1.807, 2.05) is 32.1 Å². The Morgan fingerprint density at radius 1 is 1.33 bits per heavy atom. The van der Waals surface area contributed by atoms with Crippen molar-refractivity contribution in [2.75, 3.05) is 19.7 Å². The maximum Gasteiger partial charge on any atom is 0.412 e. The Morgan fingerprint density at radius 2 is 2.03 bits per heavy atom. The van der Waals surface area contributed by atoms with Gasteiger partial charge >= 0.3 is 12.1 Å². The second-order valence-corrected chi connectivity index (χ2v) is 7.31. The SMILES string of the molecule is C/C=C\C(=C/CC)CN(CC(=O)OCC)C(=O)[C@H](N)CC1CCCC=C1C(F)(F)F. The van der Waals surface area contributed by atoms with Crippen molar-refractivity contribution in [1.29, 1.82) is 0 Å². The second kappa shape index (κ2) is 12.6. The lowest BCUT2D eigenvalue weighted by atomic mass is 9.82. The van der Waals surface area contributed by atoms with Crippen LogP contribution in [0.5, 0.6) is 0 Å². The summed E-state index contributed by atoms with van der Waals surface area (Å²) in [7, 11) is 0. The number of carbonyl (C=O) groups excluding carboxylic acids is 2. The summed E-state index contributed by atoms with van der Waals surface area (Å²) in [6.45, 7) is 5.44. The summed E-state index contributed by atoms with van der Waals surface area (Å²) in [5, 5.41) is 0. The van der Waals surface area contributed by atoms with Crippen LogP contribution in [0.3, 0.4) is 0 Å². The molecule has 5 nitrogen and oxygen atoms in total. The third kappa shape index (κ3) is 8.34. The number of ether oxygens (including phenoxy) is 1. The second-order valence-electron chi connectivity index (χ2n) is 7.31. The predicted octanol–water partition coefficient (Wildman–Crippen LogP) is 4.30. The van der Waals surface area contributed by atoms with Gasteiger partial charge in [-0.05, 0) is 57.4 Å². The Morgan fingerprint density at radius 3 is 2.60 bits per heavy atom. The van der Waals surface area contributed by atoms with E-state index in [-0.39, 0.29) is 26.1 Å². The minimum atomic E-state index is -4.43. The van der Waals surface area contributed by atoms with Crippen molar-refractivity contribution in [3.63, 3.8) is 0 Å². The van der Waals surface area contributed by atoms with Crippen molar-refractivity contribution in [2.24, 2.45) is 11.7 Å². The normalized spacial score (nSPS) is 18.8. The van der Waals surface area contributed by atoms with Crippen molar-refractivity contribution < 1.29 is 27.5 Å². The average Bonchev–Trinajstić information content (AvgIpc) is 2.67. The highest BCUT2D eigenvalue weighted by molar-refractivity contribution is 5.86. The topological polar surface area (TPSA) is 72.6 Å². The number of alkyl halides is 3. The number of rotatable bonds is 10. The van der Waals surface area contributed by atoms with E-state index < -0.39 is 35.6 Å². The Labute approximate surface area is 176 Å². The fourth-order valence-electron chi connectivity index (χ4n) is 3.63. The molecule has 0 heterocycles. The smallest absolute Gasteiger partial charge is 0.412 e. The lowest BCUT2D eigenvalue weighted by molar-refractivity contribution is -0.149. The minimum Gasteiger partial charge on any atom is -0.465 e. The predicted molar refractivity (Wildman–Crippen MR) is 110 cm³/mol. The fraction of sp³-hybridized carbons (Fsp3) is 0.636. The van der Waals surface area contributed by atoms with Gasteiger partial charge in [-0.1, -0.05) is 31.2 Å². The van der Waals surface area contributed by atoms with Gasteiger partial charge in [-0.2, -0.15) is 13.2 Å². The number of amides is 1. The number of allylic oxidation sites excluding steroid dienone is 4. The van der Waals surface area contributed by atoms with Crippen LogP contribution in [0.2, 0.25) is 0 Å². The summed E-state index contributed by atoms with van der Waals surface area (Å²) < 4.78 is 44.9. The molecule has 8 heteroatoms. The van der Waals surface area contributed by atoms with E-state index in [2.05, 4.69) is 0 Å². The molecule has 1 amide bonds. The summed E-state index contributed by atoms with van der Waals surface area (Å²) >= 11 is 0. The summed E-state index contributed by atoms with van der Waals surface area (Å²) in [4.78, 5) is 26.3. The zero-order valence-electron chi connectivity index (χ0n) is 18.0. The monoisotopic (exact) mass is 430 g/mol. The van der Waals surface area contributed by atoms with E-state index in [1.165, 1.54) is 11.0 Å². The largest absolute Gasteiger partial charge is 0.465 e. The lowest BCUT2D eigenvalue weighted by Gasteiger charge is -2.30. The highest BCUT2D eigenvalue weighted by Crippen LogP contribution is 2.39. The number of hydrogen-bond donors (Lipinski definition) is 1. The lowest BCUT2D eigenvalue weighted by Crippen LogP contribution is -2.48. The molecule has 0 aromatic rings. The van der Waals surface area contributed by atoms with Crippen LogP contribution in [-0.2, 0) is 14.3 Å². The molecule has 0 radical (unpaired) electrons. The quantitative estimate of drug-likeness (QED) is 0.319. The van der Waals surface area contributed by atoms with Gasteiger partial charge in [-0.3, -0.25) is 9.59 Å². The van der Waals surface area contributed by atoms with Crippen LogP contribution in [0.4, 0.5) is 13.2 Å². The Kier molecular flexibility index (Phi) is 10.9. The number of nitrogens with two attached hydrogens (primary N) is 1. The fourth-order valence-corrected chi connectivity index (χ4v) is 3.63. The Hall–Kier alpha value is -2.09. The number of carbonyl (C=O) groups is 2. The first-order chi connectivity index (χ1) is 14.1. The molecule has 1 aliphatic carbocycles. The van der Waals surface area contributed by atoms with Gasteiger partial charge in [0.15, 0.2) is 0 Å². The van der Waals surface area contributed by atoms with E-state index in [0.717, 1.165) is 12.0 Å². The van der Waals surface area contributed by atoms with E-state index >= 15 is 0 Å². The molecular weight excluding hydrogens is 397 g/mol. The molecule has 0 saturated carbocycles. The zero-order valence-corrected chi connectivity index (χ0v) is 18.0. The van der Waals surface area contributed by atoms with Crippen molar-refractivity contribution in [1.82, 2.24) is 4.90 Å². The van der Waals surface area contributed by atoms with Crippen LogP contribution in [0.1, 0.15) is 52.9 Å². The van der Waals surface area contributed by atoms with E-state index in [9.17, 15) is 22.8 Å². The number of esters is 1. The van der Waals surface area contributed by atoms with Crippen LogP contribution in [0.25, 0.3) is 0 Å². The molecule has 2 N–H and O–H groups in total. The van der Waals surface area contributed by atoms with Crippen molar-refractivity contribution in [3.8, 4) is 0 Å². The number of hydrogen-bond acceptors (Lipinski definition) is 4. The Balaban J connectivity index is 3.00. The van der Waals surface area contributed by atoms with Gasteiger partial charge in [-0.15, -0.1) is 0 Å². The summed E-state index contributed by atoms with van der Waals surface area (Å²) in [5.41, 5.74) is 6.27. The first kappa shape index (κ1) is 25.9. The van der Waals surface area contributed by atoms with Gasteiger partial charge in [0.05, 0.1) is 12.6 Å². The van der Waals surface area contributed by atoms with Gasteiger partial charge in [0.1, 0.15) is 6.54 Å². The maximum absolute atomic E-state index is 13.3. The molecule has 0 saturated heterocycles. The van der Waals surface area contributed by atoms with E-state index in [0.29, 0.717) is 19.3 Å². The molecule has 0 aromatic heterocycles. The molecule has 0 bridgehead atoms. The zero-order chi connectivity index (χ0) is 22.7. The molecule has 0 aromatic carbocycles. The van der Waals surface area contributed by atoms with Crippen molar-refractivity contribution in [2.45, 2.75) is 65.1 Å². The first-order valence-electron chi connectivity index (χ1n) is 10.4. The van der Waals surface area contributed by atoms with Gasteiger partial charge in [0.2, 0.25) is 5.91 Å². The molecule has 170 valence electrons. The van der Waals surface area contributed by atoms with E-state index in [1.54, 1.807) is 6.92 Å². The Bertz CT molecular complexity index is 669. The van der Waals surface area contributed by atoms with Gasteiger partial charge in [0, 0.05) is 12.1 Å². The van der Waals surface area contributed by atoms with Gasteiger partial charge in [-0.25, -0.2) is 0 Å². The number of nitrogens with zero attached hydrogens (tertiary/aromatic N) is 1. The molecule has 1 aliphatic rings. The van der Waals surface area contributed by atoms with Crippen molar-refractivity contribution in [3.05, 3.63) is 35.5 Å². The summed E-state index contributed by atoms with van der Waals surface area (Å²) in [5.74, 6) is -1.95. The van der Waals surface area contributed by atoms with Crippen molar-refractivity contribution >= 4 is 11.9 Å². The molecule has 30 heavy (non-hydrogen) atoms. The van der Waals surface area contributed by atoms with Crippen LogP contribution in [-0.4, -0.2) is 48.7 Å². The summed E-state index contributed by atoms with van der Waals surface area (Å²) in [6, 6.07) is -1.14.